The first-order valence-corrected chi connectivity index (χ1v) is 6.76. The first-order chi connectivity index (χ1) is 9.31. The maximum atomic E-state index is 5.65. The van der Waals surface area contributed by atoms with Gasteiger partial charge in [0.25, 0.3) is 0 Å². The quantitative estimate of drug-likeness (QED) is 0.897. The zero-order chi connectivity index (χ0) is 12.8. The number of nitrogens with one attached hydrogen (secondary N) is 1. The van der Waals surface area contributed by atoms with Crippen molar-refractivity contribution in [3.05, 3.63) is 24.4 Å². The van der Waals surface area contributed by atoms with Gasteiger partial charge in [0, 0.05) is 17.6 Å². The van der Waals surface area contributed by atoms with Gasteiger partial charge in [-0.05, 0) is 35.9 Å². The lowest BCUT2D eigenvalue weighted by molar-refractivity contribution is 0.172. The van der Waals surface area contributed by atoms with Crippen molar-refractivity contribution >= 4 is 16.6 Å². The van der Waals surface area contributed by atoms with Crippen LogP contribution in [-0.2, 0) is 0 Å². The minimum absolute atomic E-state index is 0.561. The fourth-order valence-electron chi connectivity index (χ4n) is 2.52. The molecule has 2 atom stereocenters. The van der Waals surface area contributed by atoms with Crippen LogP contribution < -0.4 is 14.8 Å². The first kappa shape index (κ1) is 10.9. The Balaban J connectivity index is 1.80. The molecule has 2 unspecified atom stereocenters. The predicted octanol–water partition coefficient (Wildman–Crippen LogP) is 2.83. The van der Waals surface area contributed by atoms with Crippen LogP contribution in [0.3, 0.4) is 0 Å². The Morgan fingerprint density at radius 2 is 1.95 bits per heavy atom. The molecule has 1 aliphatic heterocycles. The van der Waals surface area contributed by atoms with Gasteiger partial charge in [0.1, 0.15) is 19.0 Å². The Morgan fingerprint density at radius 1 is 1.21 bits per heavy atom. The maximum absolute atomic E-state index is 5.65. The van der Waals surface area contributed by atoms with E-state index in [0.717, 1.165) is 34.0 Å². The molecule has 0 bridgehead atoms. The van der Waals surface area contributed by atoms with E-state index in [-0.39, 0.29) is 0 Å². The molecule has 1 aliphatic carbocycles. The average Bonchev–Trinajstić information content (AvgIpc) is 3.12. The van der Waals surface area contributed by atoms with Gasteiger partial charge in [0.15, 0.2) is 11.5 Å². The molecular formula is C15H16N2O2. The summed E-state index contributed by atoms with van der Waals surface area (Å²) >= 11 is 0. The molecule has 1 fully saturated rings. The normalized spacial score (nSPS) is 24.3. The van der Waals surface area contributed by atoms with E-state index in [9.17, 15) is 0 Å². The third kappa shape index (κ3) is 1.87. The molecule has 0 radical (unpaired) electrons. The van der Waals surface area contributed by atoms with Gasteiger partial charge < -0.3 is 14.8 Å². The van der Waals surface area contributed by atoms with E-state index in [4.69, 9.17) is 9.47 Å². The number of pyridine rings is 1. The van der Waals surface area contributed by atoms with Gasteiger partial charge >= 0.3 is 0 Å². The Kier molecular flexibility index (Phi) is 2.31. The Morgan fingerprint density at radius 3 is 2.68 bits per heavy atom. The summed E-state index contributed by atoms with van der Waals surface area (Å²) in [6, 6.07) is 6.64. The van der Waals surface area contributed by atoms with Gasteiger partial charge in [0.05, 0.1) is 0 Å². The third-order valence-electron chi connectivity index (χ3n) is 3.86. The predicted molar refractivity (Wildman–Crippen MR) is 73.9 cm³/mol. The van der Waals surface area contributed by atoms with Crippen molar-refractivity contribution in [1.29, 1.82) is 0 Å². The van der Waals surface area contributed by atoms with Crippen molar-refractivity contribution in [2.75, 3.05) is 18.5 Å². The fraction of sp³-hybridized carbons (Fsp3) is 0.400. The van der Waals surface area contributed by atoms with E-state index in [1.807, 2.05) is 24.4 Å². The lowest BCUT2D eigenvalue weighted by atomic mass is 10.1. The molecular weight excluding hydrogens is 240 g/mol. The topological polar surface area (TPSA) is 43.4 Å². The van der Waals surface area contributed by atoms with Crippen LogP contribution in [0.2, 0.25) is 0 Å². The summed E-state index contributed by atoms with van der Waals surface area (Å²) in [5.74, 6) is 3.34. The largest absolute Gasteiger partial charge is 0.486 e. The van der Waals surface area contributed by atoms with Crippen LogP contribution in [0.1, 0.15) is 13.3 Å². The highest BCUT2D eigenvalue weighted by atomic mass is 16.6. The number of benzene rings is 1. The number of ether oxygens (including phenoxy) is 2. The average molecular weight is 256 g/mol. The highest BCUT2D eigenvalue weighted by Crippen LogP contribution is 2.38. The second-order valence-electron chi connectivity index (χ2n) is 5.34. The molecule has 0 saturated heterocycles. The molecule has 1 aromatic carbocycles. The van der Waals surface area contributed by atoms with E-state index in [1.54, 1.807) is 0 Å². The van der Waals surface area contributed by atoms with Gasteiger partial charge in [-0.2, -0.15) is 0 Å². The third-order valence-corrected chi connectivity index (χ3v) is 3.86. The van der Waals surface area contributed by atoms with Crippen molar-refractivity contribution in [2.24, 2.45) is 5.92 Å². The molecule has 98 valence electrons. The summed E-state index contributed by atoms with van der Waals surface area (Å²) in [6.45, 7) is 3.48. The highest BCUT2D eigenvalue weighted by molar-refractivity contribution is 5.94. The van der Waals surface area contributed by atoms with Gasteiger partial charge in [-0.25, -0.2) is 4.98 Å². The Hall–Kier alpha value is -1.97. The van der Waals surface area contributed by atoms with Crippen molar-refractivity contribution in [1.82, 2.24) is 4.98 Å². The first-order valence-electron chi connectivity index (χ1n) is 6.76. The zero-order valence-corrected chi connectivity index (χ0v) is 10.8. The van der Waals surface area contributed by atoms with Crippen LogP contribution >= 0.6 is 0 Å². The lowest BCUT2D eigenvalue weighted by Crippen LogP contribution is -2.15. The summed E-state index contributed by atoms with van der Waals surface area (Å²) in [5.41, 5.74) is 0. The smallest absolute Gasteiger partial charge is 0.162 e. The molecule has 1 N–H and O–H groups in total. The summed E-state index contributed by atoms with van der Waals surface area (Å²) in [7, 11) is 0. The molecule has 1 aromatic heterocycles. The fourth-order valence-corrected chi connectivity index (χ4v) is 2.52. The summed E-state index contributed by atoms with van der Waals surface area (Å²) in [6.07, 6.45) is 3.07. The summed E-state index contributed by atoms with van der Waals surface area (Å²) in [4.78, 5) is 4.46. The SMILES string of the molecule is CC1CC1Nc1nccc2cc3c(cc12)OCCO3. The van der Waals surface area contributed by atoms with Crippen molar-refractivity contribution in [2.45, 2.75) is 19.4 Å². The lowest BCUT2D eigenvalue weighted by Gasteiger charge is -2.19. The summed E-state index contributed by atoms with van der Waals surface area (Å²) < 4.78 is 11.3. The molecule has 0 amide bonds. The maximum Gasteiger partial charge on any atom is 0.162 e. The van der Waals surface area contributed by atoms with E-state index in [0.29, 0.717) is 19.3 Å². The van der Waals surface area contributed by atoms with Crippen molar-refractivity contribution in [3.8, 4) is 11.5 Å². The van der Waals surface area contributed by atoms with Gasteiger partial charge in [-0.3, -0.25) is 0 Å². The Bertz CT molecular complexity index is 641. The Labute approximate surface area is 111 Å². The van der Waals surface area contributed by atoms with E-state index >= 15 is 0 Å². The van der Waals surface area contributed by atoms with Crippen molar-refractivity contribution < 1.29 is 9.47 Å². The zero-order valence-electron chi connectivity index (χ0n) is 10.8. The van der Waals surface area contributed by atoms with Gasteiger partial charge in [-0.15, -0.1) is 0 Å². The minimum Gasteiger partial charge on any atom is -0.486 e. The second kappa shape index (κ2) is 4.02. The molecule has 2 heterocycles. The molecule has 19 heavy (non-hydrogen) atoms. The van der Waals surface area contributed by atoms with Crippen LogP contribution in [0.4, 0.5) is 5.82 Å². The van der Waals surface area contributed by atoms with Crippen LogP contribution in [0, 0.1) is 5.92 Å². The number of nitrogens with zero attached hydrogens (tertiary/aromatic N) is 1. The second-order valence-corrected chi connectivity index (χ2v) is 5.34. The van der Waals surface area contributed by atoms with E-state index in [1.165, 1.54) is 6.42 Å². The van der Waals surface area contributed by atoms with Gasteiger partial charge in [-0.1, -0.05) is 6.92 Å². The number of rotatable bonds is 2. The number of anilines is 1. The van der Waals surface area contributed by atoms with Crippen LogP contribution in [0.5, 0.6) is 11.5 Å². The van der Waals surface area contributed by atoms with E-state index < -0.39 is 0 Å². The molecule has 4 heteroatoms. The van der Waals surface area contributed by atoms with Crippen LogP contribution in [0.15, 0.2) is 24.4 Å². The highest BCUT2D eigenvalue weighted by Gasteiger charge is 2.33. The molecule has 2 aliphatic rings. The monoisotopic (exact) mass is 256 g/mol. The van der Waals surface area contributed by atoms with Crippen LogP contribution in [0.25, 0.3) is 10.8 Å². The molecule has 4 rings (SSSR count). The molecule has 1 saturated carbocycles. The molecule has 4 nitrogen and oxygen atoms in total. The molecule has 0 spiro atoms. The minimum atomic E-state index is 0.561. The number of aromatic nitrogens is 1. The van der Waals surface area contributed by atoms with E-state index in [2.05, 4.69) is 17.2 Å². The molecule has 2 aromatic rings. The number of hydrogen-bond donors (Lipinski definition) is 1. The number of hydrogen-bond acceptors (Lipinski definition) is 4. The summed E-state index contributed by atoms with van der Waals surface area (Å²) in [5, 5.41) is 5.74. The van der Waals surface area contributed by atoms with Crippen LogP contribution in [-0.4, -0.2) is 24.2 Å². The van der Waals surface area contributed by atoms with Gasteiger partial charge in [0.2, 0.25) is 0 Å². The standard InChI is InChI=1S/C15H16N2O2/c1-9-6-12(9)17-15-11-8-14-13(18-4-5-19-14)7-10(11)2-3-16-15/h2-3,7-9,12H,4-6H2,1H3,(H,16,17). The number of fused-ring (bicyclic) bond motifs is 2. The van der Waals surface area contributed by atoms with Crippen molar-refractivity contribution in [3.63, 3.8) is 0 Å².